The number of fused-ring (bicyclic) bond motifs is 2. The summed E-state index contributed by atoms with van der Waals surface area (Å²) in [5, 5.41) is 18.7. The Balaban J connectivity index is 0.000000175. The zero-order valence-corrected chi connectivity index (χ0v) is 24.2. The summed E-state index contributed by atoms with van der Waals surface area (Å²) in [5.41, 5.74) is 3.57. The molecule has 0 spiro atoms. The summed E-state index contributed by atoms with van der Waals surface area (Å²) in [6, 6.07) is 19.7. The van der Waals surface area contributed by atoms with E-state index in [9.17, 15) is 14.0 Å². The zero-order chi connectivity index (χ0) is 31.1. The van der Waals surface area contributed by atoms with Gasteiger partial charge in [-0.05, 0) is 73.5 Å². The predicted octanol–water partition coefficient (Wildman–Crippen LogP) is 4.47. The third kappa shape index (κ3) is 6.70. The molecule has 4 heterocycles. The van der Waals surface area contributed by atoms with Gasteiger partial charge in [0.2, 0.25) is 0 Å². The first-order valence-electron chi connectivity index (χ1n) is 13.9. The molecule has 0 amide bonds. The van der Waals surface area contributed by atoms with E-state index in [4.69, 9.17) is 21.8 Å². The van der Waals surface area contributed by atoms with Crippen LogP contribution in [0.4, 0.5) is 4.39 Å². The lowest BCUT2D eigenvalue weighted by Crippen LogP contribution is -2.25. The number of rotatable bonds is 8. The van der Waals surface area contributed by atoms with Crippen molar-refractivity contribution in [2.45, 2.75) is 25.9 Å². The van der Waals surface area contributed by atoms with E-state index in [1.54, 1.807) is 59.4 Å². The van der Waals surface area contributed by atoms with Crippen molar-refractivity contribution in [2.24, 2.45) is 0 Å². The quantitative estimate of drug-likeness (QED) is 0.256. The highest BCUT2D eigenvalue weighted by Gasteiger charge is 2.14. The second-order valence-electron chi connectivity index (χ2n) is 9.69. The van der Waals surface area contributed by atoms with Crippen molar-refractivity contribution in [1.29, 1.82) is 0 Å². The molecule has 0 radical (unpaired) electrons. The van der Waals surface area contributed by atoms with E-state index in [0.717, 1.165) is 0 Å². The summed E-state index contributed by atoms with van der Waals surface area (Å²) in [7, 11) is 0. The Kier molecular flexibility index (Phi) is 9.80. The van der Waals surface area contributed by atoms with Crippen molar-refractivity contribution in [3.05, 3.63) is 117 Å². The Morgan fingerprint density at radius 2 is 1.09 bits per heavy atom. The Hall–Kier alpha value is -4.84. The van der Waals surface area contributed by atoms with Crippen LogP contribution in [0, 0.1) is 5.82 Å². The summed E-state index contributed by atoms with van der Waals surface area (Å²) in [4.78, 5) is 42.6. The van der Waals surface area contributed by atoms with Crippen LogP contribution >= 0.6 is 11.6 Å². The number of aryl methyl sites for hydroxylation is 2. The van der Waals surface area contributed by atoms with Gasteiger partial charge in [-0.25, -0.2) is 24.3 Å². The molecule has 0 aliphatic rings. The second-order valence-corrected chi connectivity index (χ2v) is 10.1. The average Bonchev–Trinajstić information content (AvgIpc) is 3.05. The van der Waals surface area contributed by atoms with Crippen LogP contribution in [-0.4, -0.2) is 52.5 Å². The topological polar surface area (TPSA) is 136 Å². The first kappa shape index (κ1) is 30.6. The number of aliphatic hydroxyl groups is 2. The highest BCUT2D eigenvalue weighted by Crippen LogP contribution is 2.20. The predicted molar refractivity (Wildman–Crippen MR) is 167 cm³/mol. The number of hydrogen-bond donors (Lipinski definition) is 2. The molecule has 0 saturated carbocycles. The third-order valence-electron chi connectivity index (χ3n) is 6.72. The summed E-state index contributed by atoms with van der Waals surface area (Å²) >= 11 is 5.89. The van der Waals surface area contributed by atoms with Crippen LogP contribution in [0.15, 0.2) is 94.8 Å². The van der Waals surface area contributed by atoms with Gasteiger partial charge in [-0.3, -0.25) is 18.7 Å². The van der Waals surface area contributed by atoms with Gasteiger partial charge >= 0.3 is 0 Å². The standard InChI is InChI=1S/C16H14ClN3O2.C16H14FN3O2/c2*17-12-6-4-11(5-7-12)14-16(22)20(9-2-10-21)15-13(19-14)3-1-8-18-15/h2*1,3-8,21H,2,9-10H2. The van der Waals surface area contributed by atoms with Crippen LogP contribution in [0.5, 0.6) is 0 Å². The van der Waals surface area contributed by atoms with Gasteiger partial charge in [-0.1, -0.05) is 23.7 Å². The third-order valence-corrected chi connectivity index (χ3v) is 6.97. The number of aromatic nitrogens is 6. The molecule has 0 atom stereocenters. The lowest BCUT2D eigenvalue weighted by molar-refractivity contribution is 0.279. The van der Waals surface area contributed by atoms with Gasteiger partial charge < -0.3 is 10.2 Å². The van der Waals surface area contributed by atoms with Crippen LogP contribution in [0.3, 0.4) is 0 Å². The van der Waals surface area contributed by atoms with Gasteiger partial charge in [0.1, 0.15) is 28.2 Å². The molecule has 4 aromatic heterocycles. The number of hydrogen-bond acceptors (Lipinski definition) is 8. The molecule has 2 N–H and O–H groups in total. The van der Waals surface area contributed by atoms with Crippen LogP contribution in [0.25, 0.3) is 44.8 Å². The maximum absolute atomic E-state index is 13.1. The van der Waals surface area contributed by atoms with Crippen molar-refractivity contribution in [2.75, 3.05) is 13.2 Å². The Morgan fingerprint density at radius 3 is 1.52 bits per heavy atom. The van der Waals surface area contributed by atoms with Gasteiger partial charge in [-0.15, -0.1) is 0 Å². The van der Waals surface area contributed by atoms with Crippen LogP contribution in [-0.2, 0) is 13.1 Å². The number of benzene rings is 2. The van der Waals surface area contributed by atoms with Gasteiger partial charge in [0.25, 0.3) is 11.1 Å². The van der Waals surface area contributed by atoms with Crippen molar-refractivity contribution in [3.63, 3.8) is 0 Å². The fourth-order valence-corrected chi connectivity index (χ4v) is 4.74. The SMILES string of the molecule is O=c1c(-c2ccc(Cl)cc2)nc2cccnc2n1CCCO.O=c1c(-c2ccc(F)cc2)nc2cccnc2n1CCCO. The molecule has 0 bridgehead atoms. The van der Waals surface area contributed by atoms with Gasteiger partial charge in [0.05, 0.1) is 0 Å². The summed E-state index contributed by atoms with van der Waals surface area (Å²) in [6.45, 7) is 0.736. The van der Waals surface area contributed by atoms with Crippen LogP contribution < -0.4 is 11.1 Å². The maximum Gasteiger partial charge on any atom is 0.278 e. The molecular weight excluding hydrogens is 587 g/mol. The molecule has 10 nitrogen and oxygen atoms in total. The second kappa shape index (κ2) is 14.1. The number of halogens is 2. The van der Waals surface area contributed by atoms with Crippen molar-refractivity contribution < 1.29 is 14.6 Å². The van der Waals surface area contributed by atoms with Crippen LogP contribution in [0.1, 0.15) is 12.8 Å². The Morgan fingerprint density at radius 1 is 0.659 bits per heavy atom. The molecule has 6 rings (SSSR count). The number of aliphatic hydroxyl groups excluding tert-OH is 2. The first-order chi connectivity index (χ1) is 21.4. The van der Waals surface area contributed by atoms with E-state index in [-0.39, 0.29) is 35.8 Å². The van der Waals surface area contributed by atoms with E-state index < -0.39 is 0 Å². The van der Waals surface area contributed by atoms with E-state index >= 15 is 0 Å². The van der Waals surface area contributed by atoms with Gasteiger partial charge in [0.15, 0.2) is 11.3 Å². The molecule has 44 heavy (non-hydrogen) atoms. The molecule has 12 heteroatoms. The minimum atomic E-state index is -0.369. The largest absolute Gasteiger partial charge is 0.396 e. The van der Waals surface area contributed by atoms with Gasteiger partial charge in [0, 0.05) is 54.8 Å². The number of nitrogens with zero attached hydrogens (tertiary/aromatic N) is 6. The summed E-state index contributed by atoms with van der Waals surface area (Å²) in [6.07, 6.45) is 4.14. The van der Waals surface area contributed by atoms with Crippen molar-refractivity contribution >= 4 is 33.9 Å². The minimum absolute atomic E-state index is 0.0133. The van der Waals surface area contributed by atoms with E-state index in [2.05, 4.69) is 19.9 Å². The highest BCUT2D eigenvalue weighted by molar-refractivity contribution is 6.30. The zero-order valence-electron chi connectivity index (χ0n) is 23.5. The maximum atomic E-state index is 13.1. The number of pyridine rings is 2. The highest BCUT2D eigenvalue weighted by atomic mass is 35.5. The smallest absolute Gasteiger partial charge is 0.278 e. The Bertz CT molecular complexity index is 1870. The van der Waals surface area contributed by atoms with Crippen molar-refractivity contribution in [3.8, 4) is 22.5 Å². The van der Waals surface area contributed by atoms with E-state index in [0.29, 0.717) is 70.1 Å². The normalized spacial score (nSPS) is 11.0. The average molecular weight is 615 g/mol. The molecule has 0 saturated heterocycles. The molecule has 0 aliphatic heterocycles. The molecule has 2 aromatic carbocycles. The molecule has 0 aliphatic carbocycles. The monoisotopic (exact) mass is 614 g/mol. The van der Waals surface area contributed by atoms with Gasteiger partial charge in [-0.2, -0.15) is 0 Å². The molecular formula is C32H28ClFN6O4. The molecule has 6 aromatic rings. The van der Waals surface area contributed by atoms with E-state index in [1.165, 1.54) is 28.8 Å². The summed E-state index contributed by atoms with van der Waals surface area (Å²) in [5.74, 6) is -0.369. The van der Waals surface area contributed by atoms with Crippen molar-refractivity contribution in [1.82, 2.24) is 29.1 Å². The lowest BCUT2D eigenvalue weighted by Gasteiger charge is -2.11. The Labute approximate surface area is 255 Å². The van der Waals surface area contributed by atoms with E-state index in [1.807, 2.05) is 6.07 Å². The fraction of sp³-hybridized carbons (Fsp3) is 0.188. The minimum Gasteiger partial charge on any atom is -0.396 e. The van der Waals surface area contributed by atoms with Crippen LogP contribution in [0.2, 0.25) is 5.02 Å². The molecule has 224 valence electrons. The first-order valence-corrected chi connectivity index (χ1v) is 14.2. The summed E-state index contributed by atoms with van der Waals surface area (Å²) < 4.78 is 16.1. The molecule has 0 fully saturated rings. The fourth-order valence-electron chi connectivity index (χ4n) is 4.62. The lowest BCUT2D eigenvalue weighted by atomic mass is 10.1. The molecule has 0 unspecified atom stereocenters.